The predicted molar refractivity (Wildman–Crippen MR) is 78.4 cm³/mol. The first-order valence-electron chi connectivity index (χ1n) is 7.41. The Bertz CT molecular complexity index is 549. The molecule has 2 rings (SSSR count). The normalized spacial score (nSPS) is 22.7. The first-order valence-corrected chi connectivity index (χ1v) is 7.41. The molecule has 0 radical (unpaired) electrons. The van der Waals surface area contributed by atoms with Crippen LogP contribution in [0.3, 0.4) is 0 Å². The third-order valence-electron chi connectivity index (χ3n) is 4.23. The van der Waals surface area contributed by atoms with Gasteiger partial charge in [-0.1, -0.05) is 19.4 Å². The van der Waals surface area contributed by atoms with Gasteiger partial charge < -0.3 is 5.11 Å². The summed E-state index contributed by atoms with van der Waals surface area (Å²) in [5, 5.41) is 18.7. The van der Waals surface area contributed by atoms with E-state index in [1.54, 1.807) is 6.20 Å². The molecule has 1 saturated heterocycles. The molecule has 21 heavy (non-hydrogen) atoms. The zero-order valence-electron chi connectivity index (χ0n) is 12.4. The summed E-state index contributed by atoms with van der Waals surface area (Å²) in [6.07, 6.45) is 4.81. The predicted octanol–water partition coefficient (Wildman–Crippen LogP) is 2.42. The highest BCUT2D eigenvalue weighted by Crippen LogP contribution is 2.35. The Balaban J connectivity index is 2.14. The molecule has 0 bridgehead atoms. The molecule has 1 fully saturated rings. The van der Waals surface area contributed by atoms with Gasteiger partial charge in [0.2, 0.25) is 0 Å². The van der Waals surface area contributed by atoms with E-state index < -0.39 is 11.4 Å². The molecule has 1 N–H and O–H groups in total. The van der Waals surface area contributed by atoms with Gasteiger partial charge in [-0.3, -0.25) is 9.69 Å². The fraction of sp³-hybridized carbons (Fsp3) is 0.562. The summed E-state index contributed by atoms with van der Waals surface area (Å²) in [6, 6.07) is 5.81. The van der Waals surface area contributed by atoms with Crippen LogP contribution in [0.1, 0.15) is 43.9 Å². The average molecular weight is 287 g/mol. The Kier molecular flexibility index (Phi) is 4.92. The lowest BCUT2D eigenvalue weighted by Crippen LogP contribution is -2.47. The van der Waals surface area contributed by atoms with Gasteiger partial charge in [0.05, 0.1) is 5.41 Å². The molecule has 5 nitrogen and oxygen atoms in total. The van der Waals surface area contributed by atoms with Crippen molar-refractivity contribution in [3.63, 3.8) is 0 Å². The van der Waals surface area contributed by atoms with Crippen molar-refractivity contribution in [1.82, 2.24) is 9.88 Å². The van der Waals surface area contributed by atoms with Crippen LogP contribution in [-0.4, -0.2) is 34.0 Å². The Morgan fingerprint density at radius 3 is 3.10 bits per heavy atom. The quantitative estimate of drug-likeness (QED) is 0.900. The second-order valence-electron chi connectivity index (χ2n) is 5.77. The number of likely N-dealkylation sites (tertiary alicyclic amines) is 1. The second kappa shape index (κ2) is 6.68. The topological polar surface area (TPSA) is 77.2 Å². The Hall–Kier alpha value is -1.93. The molecular weight excluding hydrogens is 266 g/mol. The summed E-state index contributed by atoms with van der Waals surface area (Å²) >= 11 is 0. The van der Waals surface area contributed by atoms with E-state index in [9.17, 15) is 9.90 Å². The van der Waals surface area contributed by atoms with Crippen molar-refractivity contribution in [3.05, 3.63) is 29.6 Å². The van der Waals surface area contributed by atoms with Gasteiger partial charge in [-0.25, -0.2) is 4.98 Å². The fourth-order valence-corrected chi connectivity index (χ4v) is 3.23. The van der Waals surface area contributed by atoms with Crippen LogP contribution in [-0.2, 0) is 11.3 Å². The summed E-state index contributed by atoms with van der Waals surface area (Å²) < 4.78 is 0. The monoisotopic (exact) mass is 287 g/mol. The lowest BCUT2D eigenvalue weighted by molar-refractivity contribution is -0.153. The van der Waals surface area contributed by atoms with E-state index in [-0.39, 0.29) is 0 Å². The molecule has 2 heterocycles. The van der Waals surface area contributed by atoms with Crippen molar-refractivity contribution in [3.8, 4) is 6.07 Å². The van der Waals surface area contributed by atoms with Crippen LogP contribution >= 0.6 is 0 Å². The molecule has 0 spiro atoms. The highest BCUT2D eigenvalue weighted by molar-refractivity contribution is 5.75. The maximum atomic E-state index is 11.7. The molecular formula is C16H21N3O2. The first-order chi connectivity index (χ1) is 10.1. The maximum absolute atomic E-state index is 11.7. The van der Waals surface area contributed by atoms with Gasteiger partial charge in [-0.2, -0.15) is 5.26 Å². The SMILES string of the molecule is CCCC1(C(=O)O)CCCN(Cc2cccnc2C#N)C1. The Morgan fingerprint density at radius 1 is 1.62 bits per heavy atom. The number of nitriles is 1. The van der Waals surface area contributed by atoms with Crippen molar-refractivity contribution in [2.45, 2.75) is 39.2 Å². The number of rotatable bonds is 5. The molecule has 0 aliphatic carbocycles. The first kappa shape index (κ1) is 15.5. The number of aliphatic carboxylic acids is 1. The van der Waals surface area contributed by atoms with Gasteiger partial charge >= 0.3 is 5.97 Å². The molecule has 112 valence electrons. The van der Waals surface area contributed by atoms with E-state index in [2.05, 4.69) is 16.0 Å². The van der Waals surface area contributed by atoms with E-state index in [0.717, 1.165) is 31.4 Å². The van der Waals surface area contributed by atoms with Crippen LogP contribution in [0.5, 0.6) is 0 Å². The van der Waals surface area contributed by atoms with Crippen molar-refractivity contribution >= 4 is 5.97 Å². The van der Waals surface area contributed by atoms with Crippen LogP contribution in [0.15, 0.2) is 18.3 Å². The minimum atomic E-state index is -0.694. The van der Waals surface area contributed by atoms with Crippen molar-refractivity contribution < 1.29 is 9.90 Å². The number of aromatic nitrogens is 1. The second-order valence-corrected chi connectivity index (χ2v) is 5.77. The molecule has 1 unspecified atom stereocenters. The summed E-state index contributed by atoms with van der Waals surface area (Å²) in [4.78, 5) is 17.9. The summed E-state index contributed by atoms with van der Waals surface area (Å²) in [5.74, 6) is -0.694. The molecule has 1 aliphatic rings. The molecule has 1 aliphatic heterocycles. The summed E-state index contributed by atoms with van der Waals surface area (Å²) in [5.41, 5.74) is 0.666. The zero-order valence-corrected chi connectivity index (χ0v) is 12.4. The number of piperidine rings is 1. The van der Waals surface area contributed by atoms with Gasteiger partial charge in [0.15, 0.2) is 0 Å². The standard InChI is InChI=1S/C16H21N3O2/c1-2-6-16(15(20)21)7-4-9-19(12-16)11-13-5-3-8-18-14(13)10-17/h3,5,8H,2,4,6-7,9,11-12H2,1H3,(H,20,21). The Labute approximate surface area is 125 Å². The van der Waals surface area contributed by atoms with E-state index in [4.69, 9.17) is 5.26 Å². The average Bonchev–Trinajstić information content (AvgIpc) is 2.48. The van der Waals surface area contributed by atoms with Gasteiger partial charge in [0.25, 0.3) is 0 Å². The van der Waals surface area contributed by atoms with E-state index in [1.165, 1.54) is 0 Å². The highest BCUT2D eigenvalue weighted by Gasteiger charge is 2.41. The number of hydrogen-bond donors (Lipinski definition) is 1. The van der Waals surface area contributed by atoms with Crippen LogP contribution in [0.4, 0.5) is 0 Å². The van der Waals surface area contributed by atoms with Crippen LogP contribution < -0.4 is 0 Å². The van der Waals surface area contributed by atoms with Crippen LogP contribution in [0, 0.1) is 16.7 Å². The lowest BCUT2D eigenvalue weighted by atomic mass is 9.76. The van der Waals surface area contributed by atoms with E-state index >= 15 is 0 Å². The van der Waals surface area contributed by atoms with Crippen molar-refractivity contribution in [2.75, 3.05) is 13.1 Å². The molecule has 0 amide bonds. The number of carbonyl (C=O) groups is 1. The third-order valence-corrected chi connectivity index (χ3v) is 4.23. The van der Waals surface area contributed by atoms with Gasteiger partial charge in [0, 0.05) is 24.8 Å². The van der Waals surface area contributed by atoms with Gasteiger partial charge in [-0.15, -0.1) is 0 Å². The molecule has 0 saturated carbocycles. The summed E-state index contributed by atoms with van der Waals surface area (Å²) in [6.45, 7) is 4.04. The molecule has 5 heteroatoms. The Morgan fingerprint density at radius 2 is 2.43 bits per heavy atom. The summed E-state index contributed by atoms with van der Waals surface area (Å²) in [7, 11) is 0. The van der Waals surface area contributed by atoms with Crippen LogP contribution in [0.25, 0.3) is 0 Å². The van der Waals surface area contributed by atoms with Crippen molar-refractivity contribution in [2.24, 2.45) is 5.41 Å². The van der Waals surface area contributed by atoms with Crippen LogP contribution in [0.2, 0.25) is 0 Å². The van der Waals surface area contributed by atoms with Crippen molar-refractivity contribution in [1.29, 1.82) is 5.26 Å². The zero-order chi connectivity index (χ0) is 15.3. The number of pyridine rings is 1. The lowest BCUT2D eigenvalue weighted by Gasteiger charge is -2.40. The number of carboxylic acids is 1. The third kappa shape index (κ3) is 3.40. The molecule has 0 aromatic carbocycles. The smallest absolute Gasteiger partial charge is 0.310 e. The number of carboxylic acid groups (broad SMARTS) is 1. The molecule has 1 aromatic heterocycles. The largest absolute Gasteiger partial charge is 0.481 e. The minimum Gasteiger partial charge on any atom is -0.481 e. The maximum Gasteiger partial charge on any atom is 0.310 e. The van der Waals surface area contributed by atoms with E-state index in [1.807, 2.05) is 19.1 Å². The highest BCUT2D eigenvalue weighted by atomic mass is 16.4. The molecule has 1 aromatic rings. The fourth-order valence-electron chi connectivity index (χ4n) is 3.23. The van der Waals surface area contributed by atoms with Gasteiger partial charge in [-0.05, 0) is 31.9 Å². The minimum absolute atomic E-state index is 0.430. The molecule has 1 atom stereocenters. The number of nitrogens with zero attached hydrogens (tertiary/aromatic N) is 3. The number of hydrogen-bond acceptors (Lipinski definition) is 4. The van der Waals surface area contributed by atoms with Gasteiger partial charge in [0.1, 0.15) is 11.8 Å². The van der Waals surface area contributed by atoms with E-state index in [0.29, 0.717) is 25.2 Å².